The number of halogens is 1. The lowest BCUT2D eigenvalue weighted by Crippen LogP contribution is -2.47. The number of alkyl halides is 1. The number of hydrogen-bond donors (Lipinski definition) is 0. The monoisotopic (exact) mass is 217 g/mol. The van der Waals surface area contributed by atoms with Crippen molar-refractivity contribution in [3.05, 3.63) is 0 Å². The largest absolute Gasteiger partial charge is 0.376 e. The maximum Gasteiger partial charge on any atom is 0.254 e. The van der Waals surface area contributed by atoms with Crippen LogP contribution in [0.15, 0.2) is 0 Å². The zero-order chi connectivity index (χ0) is 10.7. The van der Waals surface area contributed by atoms with Gasteiger partial charge in [0.15, 0.2) is 6.10 Å². The van der Waals surface area contributed by atoms with Gasteiger partial charge in [-0.1, -0.05) is 0 Å². The van der Waals surface area contributed by atoms with Crippen LogP contribution in [0.25, 0.3) is 0 Å². The molecule has 0 aromatic carbocycles. The topological polar surface area (TPSA) is 38.8 Å². The van der Waals surface area contributed by atoms with Crippen molar-refractivity contribution < 1.29 is 18.7 Å². The molecular formula is C10H16FNO3. The van der Waals surface area contributed by atoms with Crippen molar-refractivity contribution in [2.45, 2.75) is 25.0 Å². The highest BCUT2D eigenvalue weighted by Gasteiger charge is 2.34. The van der Waals surface area contributed by atoms with Crippen LogP contribution < -0.4 is 0 Å². The van der Waals surface area contributed by atoms with Crippen molar-refractivity contribution in [3.63, 3.8) is 0 Å². The van der Waals surface area contributed by atoms with Crippen molar-refractivity contribution >= 4 is 5.91 Å². The summed E-state index contributed by atoms with van der Waals surface area (Å²) >= 11 is 0. The molecule has 0 aliphatic carbocycles. The average molecular weight is 217 g/mol. The van der Waals surface area contributed by atoms with Crippen LogP contribution in [0.2, 0.25) is 0 Å². The minimum Gasteiger partial charge on any atom is -0.376 e. The Bertz CT molecular complexity index is 231. The van der Waals surface area contributed by atoms with Crippen LogP contribution >= 0.6 is 0 Å². The van der Waals surface area contributed by atoms with Gasteiger partial charge in [-0.25, -0.2) is 4.39 Å². The minimum atomic E-state index is -0.522. The summed E-state index contributed by atoms with van der Waals surface area (Å²) in [4.78, 5) is 13.5. The van der Waals surface area contributed by atoms with Gasteiger partial charge in [-0.3, -0.25) is 4.79 Å². The first-order valence-corrected chi connectivity index (χ1v) is 5.38. The van der Waals surface area contributed by atoms with E-state index in [0.717, 1.165) is 12.8 Å². The van der Waals surface area contributed by atoms with Gasteiger partial charge in [-0.2, -0.15) is 0 Å². The fourth-order valence-corrected chi connectivity index (χ4v) is 2.10. The van der Waals surface area contributed by atoms with Crippen molar-refractivity contribution in [2.75, 3.05) is 33.0 Å². The number of amides is 1. The molecule has 0 saturated carbocycles. The standard InChI is InChI=1S/C10H16FNO3/c11-6-8-2-1-3-12(8)10(13)9-7-14-4-5-15-9/h8-9H,1-7H2. The van der Waals surface area contributed by atoms with E-state index in [1.165, 1.54) is 0 Å². The van der Waals surface area contributed by atoms with Crippen molar-refractivity contribution in [3.8, 4) is 0 Å². The number of ether oxygens (including phenoxy) is 2. The third kappa shape index (κ3) is 2.29. The molecule has 2 aliphatic rings. The Balaban J connectivity index is 1.93. The van der Waals surface area contributed by atoms with Crippen LogP contribution in [-0.4, -0.2) is 56.0 Å². The van der Waals surface area contributed by atoms with Gasteiger partial charge in [0.1, 0.15) is 6.67 Å². The molecule has 0 aromatic heterocycles. The van der Waals surface area contributed by atoms with Crippen molar-refractivity contribution in [2.24, 2.45) is 0 Å². The number of rotatable bonds is 2. The van der Waals surface area contributed by atoms with Crippen LogP contribution in [0, 0.1) is 0 Å². The predicted octanol–water partition coefficient (Wildman–Crippen LogP) is 0.362. The highest BCUT2D eigenvalue weighted by molar-refractivity contribution is 5.81. The fraction of sp³-hybridized carbons (Fsp3) is 0.900. The van der Waals surface area contributed by atoms with Crippen LogP contribution in [0.4, 0.5) is 4.39 Å². The minimum absolute atomic E-state index is 0.116. The Kier molecular flexibility index (Phi) is 3.53. The second kappa shape index (κ2) is 4.90. The zero-order valence-corrected chi connectivity index (χ0v) is 8.65. The molecular weight excluding hydrogens is 201 g/mol. The molecule has 2 unspecified atom stereocenters. The maximum atomic E-state index is 12.6. The number of hydrogen-bond acceptors (Lipinski definition) is 3. The van der Waals surface area contributed by atoms with Crippen molar-refractivity contribution in [1.82, 2.24) is 4.90 Å². The van der Waals surface area contributed by atoms with Crippen LogP contribution in [0.1, 0.15) is 12.8 Å². The lowest BCUT2D eigenvalue weighted by atomic mass is 10.2. The molecule has 1 amide bonds. The molecule has 2 aliphatic heterocycles. The first kappa shape index (κ1) is 10.8. The fourth-order valence-electron chi connectivity index (χ4n) is 2.10. The van der Waals surface area contributed by atoms with Gasteiger partial charge in [-0.05, 0) is 12.8 Å². The smallest absolute Gasteiger partial charge is 0.254 e. The second-order valence-corrected chi connectivity index (χ2v) is 3.92. The number of likely N-dealkylation sites (tertiary alicyclic amines) is 1. The Morgan fingerprint density at radius 2 is 2.33 bits per heavy atom. The Morgan fingerprint density at radius 3 is 3.00 bits per heavy atom. The summed E-state index contributed by atoms with van der Waals surface area (Å²) < 4.78 is 23.1. The molecule has 2 heterocycles. The first-order valence-electron chi connectivity index (χ1n) is 5.38. The van der Waals surface area contributed by atoms with Gasteiger partial charge >= 0.3 is 0 Å². The lowest BCUT2D eigenvalue weighted by molar-refractivity contribution is -0.159. The summed E-state index contributed by atoms with van der Waals surface area (Å²) in [6, 6.07) is -0.247. The van der Waals surface area contributed by atoms with E-state index in [1.54, 1.807) is 4.90 Å². The van der Waals surface area contributed by atoms with E-state index >= 15 is 0 Å². The van der Waals surface area contributed by atoms with Crippen LogP contribution in [0.3, 0.4) is 0 Å². The van der Waals surface area contributed by atoms with E-state index in [2.05, 4.69) is 0 Å². The summed E-state index contributed by atoms with van der Waals surface area (Å²) in [6.07, 6.45) is 1.12. The molecule has 2 rings (SSSR count). The van der Waals surface area contributed by atoms with Gasteiger partial charge < -0.3 is 14.4 Å². The molecule has 0 N–H and O–H groups in total. The maximum absolute atomic E-state index is 12.6. The summed E-state index contributed by atoms with van der Waals surface area (Å²) in [5.41, 5.74) is 0. The average Bonchev–Trinajstić information content (AvgIpc) is 2.77. The molecule has 86 valence electrons. The molecule has 2 saturated heterocycles. The predicted molar refractivity (Wildman–Crippen MR) is 51.3 cm³/mol. The molecule has 5 heteroatoms. The van der Waals surface area contributed by atoms with Crippen LogP contribution in [-0.2, 0) is 14.3 Å². The second-order valence-electron chi connectivity index (χ2n) is 3.92. The molecule has 2 fully saturated rings. The van der Waals surface area contributed by atoms with Gasteiger partial charge in [0.2, 0.25) is 0 Å². The zero-order valence-electron chi connectivity index (χ0n) is 8.65. The SMILES string of the molecule is O=C(C1COCCO1)N1CCCC1CF. The molecule has 0 radical (unpaired) electrons. The third-order valence-electron chi connectivity index (χ3n) is 2.93. The van der Waals surface area contributed by atoms with E-state index in [4.69, 9.17) is 9.47 Å². The Hall–Kier alpha value is -0.680. The highest BCUT2D eigenvalue weighted by Crippen LogP contribution is 2.20. The van der Waals surface area contributed by atoms with Gasteiger partial charge in [-0.15, -0.1) is 0 Å². The molecule has 15 heavy (non-hydrogen) atoms. The van der Waals surface area contributed by atoms with E-state index in [1.807, 2.05) is 0 Å². The Labute approximate surface area is 88.3 Å². The quantitative estimate of drug-likeness (QED) is 0.670. The number of carbonyl (C=O) groups excluding carboxylic acids is 1. The Morgan fingerprint density at radius 1 is 1.47 bits per heavy atom. The summed E-state index contributed by atoms with van der Waals surface area (Å²) in [7, 11) is 0. The van der Waals surface area contributed by atoms with E-state index < -0.39 is 12.8 Å². The summed E-state index contributed by atoms with van der Waals surface area (Å²) in [6.45, 7) is 1.47. The summed E-state index contributed by atoms with van der Waals surface area (Å²) in [5, 5.41) is 0. The van der Waals surface area contributed by atoms with Crippen molar-refractivity contribution in [1.29, 1.82) is 0 Å². The number of nitrogens with zero attached hydrogens (tertiary/aromatic N) is 1. The lowest BCUT2D eigenvalue weighted by Gasteiger charge is -2.29. The third-order valence-corrected chi connectivity index (χ3v) is 2.93. The van der Waals surface area contributed by atoms with Crippen LogP contribution in [0.5, 0.6) is 0 Å². The van der Waals surface area contributed by atoms with Gasteiger partial charge in [0, 0.05) is 6.54 Å². The molecule has 2 atom stereocenters. The van der Waals surface area contributed by atoms with Gasteiger partial charge in [0.05, 0.1) is 25.9 Å². The van der Waals surface area contributed by atoms with E-state index in [-0.39, 0.29) is 11.9 Å². The molecule has 0 bridgehead atoms. The molecule has 0 spiro atoms. The van der Waals surface area contributed by atoms with Gasteiger partial charge in [0.25, 0.3) is 5.91 Å². The molecule has 4 nitrogen and oxygen atoms in total. The molecule has 0 aromatic rings. The normalized spacial score (nSPS) is 31.9. The van der Waals surface area contributed by atoms with E-state index in [0.29, 0.717) is 26.4 Å². The van der Waals surface area contributed by atoms with E-state index in [9.17, 15) is 9.18 Å². The first-order chi connectivity index (χ1) is 7.33. The number of carbonyl (C=O) groups is 1. The summed E-state index contributed by atoms with van der Waals surface area (Å²) in [5.74, 6) is -0.116. The highest BCUT2D eigenvalue weighted by atomic mass is 19.1.